The molecule has 0 aromatic carbocycles. The molecule has 0 aromatic heterocycles. The van der Waals surface area contributed by atoms with Crippen molar-refractivity contribution in [2.45, 2.75) is 27.2 Å². The molecule has 0 fully saturated rings. The van der Waals surface area contributed by atoms with E-state index < -0.39 is 0 Å². The smallest absolute Gasteiger partial charge is 0.0475 e. The van der Waals surface area contributed by atoms with Crippen molar-refractivity contribution in [3.05, 3.63) is 0 Å². The summed E-state index contributed by atoms with van der Waals surface area (Å²) in [5.41, 5.74) is 0. The van der Waals surface area contributed by atoms with Crippen LogP contribution in [-0.4, -0.2) is 32.2 Å². The van der Waals surface area contributed by atoms with Gasteiger partial charge in [-0.25, -0.2) is 0 Å². The molecule has 1 atom stereocenters. The third-order valence-electron chi connectivity index (χ3n) is 2.53. The first-order chi connectivity index (χ1) is 5.57. The third kappa shape index (κ3) is 5.56. The van der Waals surface area contributed by atoms with Crippen molar-refractivity contribution < 1.29 is 0 Å². The first-order valence-corrected chi connectivity index (χ1v) is 4.91. The van der Waals surface area contributed by atoms with Gasteiger partial charge in [0, 0.05) is 6.67 Å². The van der Waals surface area contributed by atoms with E-state index in [0.717, 1.165) is 18.5 Å². The maximum absolute atomic E-state index is 3.15. The predicted octanol–water partition coefficient (Wildman–Crippen LogP) is 1.78. The number of hydrogen-bond acceptors (Lipinski definition) is 2. The second-order valence-electron chi connectivity index (χ2n) is 4.10. The molecule has 0 amide bonds. The number of hydrogen-bond donors (Lipinski definition) is 1. The zero-order valence-corrected chi connectivity index (χ0v) is 9.22. The lowest BCUT2D eigenvalue weighted by atomic mass is 9.95. The van der Waals surface area contributed by atoms with Gasteiger partial charge in [0.15, 0.2) is 0 Å². The molecule has 2 nitrogen and oxygen atoms in total. The van der Waals surface area contributed by atoms with Crippen LogP contribution in [0.4, 0.5) is 0 Å². The van der Waals surface area contributed by atoms with E-state index in [1.165, 1.54) is 13.0 Å². The summed E-state index contributed by atoms with van der Waals surface area (Å²) in [5.74, 6) is 1.65. The number of nitrogens with zero attached hydrogens (tertiary/aromatic N) is 1. The Morgan fingerprint density at radius 1 is 1.25 bits per heavy atom. The van der Waals surface area contributed by atoms with Gasteiger partial charge in [0.25, 0.3) is 0 Å². The van der Waals surface area contributed by atoms with Crippen LogP contribution in [0, 0.1) is 11.8 Å². The Balaban J connectivity index is 3.40. The monoisotopic (exact) mass is 172 g/mol. The summed E-state index contributed by atoms with van der Waals surface area (Å²) in [4.78, 5) is 2.32. The molecule has 0 radical (unpaired) electrons. The van der Waals surface area contributed by atoms with Crippen molar-refractivity contribution >= 4 is 0 Å². The van der Waals surface area contributed by atoms with E-state index in [1.54, 1.807) is 0 Å². The largest absolute Gasteiger partial charge is 0.307 e. The molecule has 0 saturated carbocycles. The maximum atomic E-state index is 3.15. The van der Waals surface area contributed by atoms with Gasteiger partial charge in [-0.3, -0.25) is 4.90 Å². The second kappa shape index (κ2) is 6.44. The number of nitrogens with one attached hydrogen (secondary N) is 1. The molecule has 0 aliphatic carbocycles. The summed E-state index contributed by atoms with van der Waals surface area (Å²) in [6.07, 6.45) is 1.30. The summed E-state index contributed by atoms with van der Waals surface area (Å²) in [6.45, 7) is 9.11. The van der Waals surface area contributed by atoms with Gasteiger partial charge in [-0.15, -0.1) is 0 Å². The lowest BCUT2D eigenvalue weighted by molar-refractivity contribution is 0.270. The standard InChI is InChI=1S/C10H24N2/c1-9(2)10(3)6-7-12(5)8-11-4/h9-11H,6-8H2,1-5H3. The molecule has 1 unspecified atom stereocenters. The topological polar surface area (TPSA) is 15.3 Å². The summed E-state index contributed by atoms with van der Waals surface area (Å²) < 4.78 is 0. The van der Waals surface area contributed by atoms with Crippen LogP contribution in [0.1, 0.15) is 27.2 Å². The van der Waals surface area contributed by atoms with Crippen molar-refractivity contribution in [2.75, 3.05) is 27.3 Å². The Bertz CT molecular complexity index is 102. The van der Waals surface area contributed by atoms with Gasteiger partial charge in [0.2, 0.25) is 0 Å². The highest BCUT2D eigenvalue weighted by Crippen LogP contribution is 2.13. The molecule has 74 valence electrons. The average Bonchev–Trinajstić information content (AvgIpc) is 2.00. The number of rotatable bonds is 6. The average molecular weight is 172 g/mol. The maximum Gasteiger partial charge on any atom is 0.0475 e. The molecular weight excluding hydrogens is 148 g/mol. The van der Waals surface area contributed by atoms with E-state index >= 15 is 0 Å². The Labute approximate surface area is 77.3 Å². The molecule has 0 bridgehead atoms. The Morgan fingerprint density at radius 2 is 1.83 bits per heavy atom. The summed E-state index contributed by atoms with van der Waals surface area (Å²) in [6, 6.07) is 0. The van der Waals surface area contributed by atoms with Crippen molar-refractivity contribution in [2.24, 2.45) is 11.8 Å². The molecule has 0 spiro atoms. The molecule has 2 heteroatoms. The minimum absolute atomic E-state index is 0.813. The molecule has 0 aliphatic heterocycles. The minimum atomic E-state index is 0.813. The van der Waals surface area contributed by atoms with E-state index in [-0.39, 0.29) is 0 Å². The summed E-state index contributed by atoms with van der Waals surface area (Å²) in [7, 11) is 4.14. The lowest BCUT2D eigenvalue weighted by Gasteiger charge is -2.20. The normalized spacial score (nSPS) is 14.2. The van der Waals surface area contributed by atoms with Crippen LogP contribution >= 0.6 is 0 Å². The fourth-order valence-corrected chi connectivity index (χ4v) is 1.11. The van der Waals surface area contributed by atoms with E-state index in [2.05, 4.69) is 38.0 Å². The Kier molecular flexibility index (Phi) is 6.39. The Morgan fingerprint density at radius 3 is 2.25 bits per heavy atom. The zero-order valence-electron chi connectivity index (χ0n) is 9.22. The quantitative estimate of drug-likeness (QED) is 0.614. The van der Waals surface area contributed by atoms with Gasteiger partial charge in [0.05, 0.1) is 0 Å². The third-order valence-corrected chi connectivity index (χ3v) is 2.53. The van der Waals surface area contributed by atoms with Crippen molar-refractivity contribution in [3.8, 4) is 0 Å². The van der Waals surface area contributed by atoms with Gasteiger partial charge in [0.1, 0.15) is 0 Å². The van der Waals surface area contributed by atoms with E-state index in [0.29, 0.717) is 0 Å². The van der Waals surface area contributed by atoms with Crippen LogP contribution in [0.3, 0.4) is 0 Å². The van der Waals surface area contributed by atoms with Crippen molar-refractivity contribution in [1.29, 1.82) is 0 Å². The zero-order chi connectivity index (χ0) is 9.56. The molecule has 0 rings (SSSR count). The summed E-state index contributed by atoms with van der Waals surface area (Å²) in [5, 5.41) is 3.15. The van der Waals surface area contributed by atoms with Crippen LogP contribution < -0.4 is 5.32 Å². The molecule has 0 heterocycles. The fourth-order valence-electron chi connectivity index (χ4n) is 1.11. The molecule has 0 aromatic rings. The molecular formula is C10H24N2. The highest BCUT2D eigenvalue weighted by Gasteiger charge is 2.07. The van der Waals surface area contributed by atoms with Crippen LogP contribution in [0.25, 0.3) is 0 Å². The van der Waals surface area contributed by atoms with E-state index in [4.69, 9.17) is 0 Å². The molecule has 1 N–H and O–H groups in total. The lowest BCUT2D eigenvalue weighted by Crippen LogP contribution is -2.30. The minimum Gasteiger partial charge on any atom is -0.307 e. The van der Waals surface area contributed by atoms with Crippen molar-refractivity contribution in [3.63, 3.8) is 0 Å². The highest BCUT2D eigenvalue weighted by molar-refractivity contribution is 4.59. The van der Waals surface area contributed by atoms with Crippen molar-refractivity contribution in [1.82, 2.24) is 10.2 Å². The van der Waals surface area contributed by atoms with Crippen LogP contribution in [0.2, 0.25) is 0 Å². The molecule has 0 aliphatic rings. The fraction of sp³-hybridized carbons (Fsp3) is 1.00. The van der Waals surface area contributed by atoms with Gasteiger partial charge >= 0.3 is 0 Å². The van der Waals surface area contributed by atoms with Crippen LogP contribution in [0.15, 0.2) is 0 Å². The van der Waals surface area contributed by atoms with Gasteiger partial charge in [-0.2, -0.15) is 0 Å². The van der Waals surface area contributed by atoms with Gasteiger partial charge < -0.3 is 5.32 Å². The van der Waals surface area contributed by atoms with Gasteiger partial charge in [-0.1, -0.05) is 20.8 Å². The van der Waals surface area contributed by atoms with E-state index in [1.807, 2.05) is 7.05 Å². The second-order valence-corrected chi connectivity index (χ2v) is 4.10. The molecule has 12 heavy (non-hydrogen) atoms. The Hall–Kier alpha value is -0.0800. The predicted molar refractivity (Wildman–Crippen MR) is 55.2 cm³/mol. The van der Waals surface area contributed by atoms with E-state index in [9.17, 15) is 0 Å². The van der Waals surface area contributed by atoms with Crippen LogP contribution in [0.5, 0.6) is 0 Å². The first kappa shape index (κ1) is 11.9. The SMILES string of the molecule is CNCN(C)CCC(C)C(C)C. The summed E-state index contributed by atoms with van der Waals surface area (Å²) >= 11 is 0. The first-order valence-electron chi connectivity index (χ1n) is 4.91. The molecule has 0 saturated heterocycles. The van der Waals surface area contributed by atoms with Gasteiger partial charge in [-0.05, 0) is 38.9 Å². The van der Waals surface area contributed by atoms with Crippen LogP contribution in [-0.2, 0) is 0 Å². The highest BCUT2D eigenvalue weighted by atomic mass is 15.2.